The number of hydrogen-bond acceptors (Lipinski definition) is 8. The lowest BCUT2D eigenvalue weighted by Crippen LogP contribution is -2.41. The largest absolute Gasteiger partial charge is 0.379 e. The fraction of sp³-hybridized carbons (Fsp3) is 0.333. The van der Waals surface area contributed by atoms with Crippen LogP contribution in [-0.4, -0.2) is 70.9 Å². The van der Waals surface area contributed by atoms with E-state index in [9.17, 15) is 9.18 Å². The average Bonchev–Trinajstić information content (AvgIpc) is 3.24. The Hall–Kier alpha value is -3.83. The molecule has 0 atom stereocenters. The molecule has 2 aromatic heterocycles. The molecule has 1 aliphatic heterocycles. The smallest absolute Gasteiger partial charge is 0.268 e. The predicted molar refractivity (Wildman–Crippen MR) is 132 cm³/mol. The first kappa shape index (κ1) is 24.3. The predicted octanol–water partition coefficient (Wildman–Crippen LogP) is 2.37. The van der Waals surface area contributed by atoms with Crippen molar-refractivity contribution in [1.29, 1.82) is 5.41 Å². The molecule has 11 heteroatoms. The van der Waals surface area contributed by atoms with Crippen LogP contribution in [0.1, 0.15) is 21.6 Å². The SMILES string of the molecule is Cn1cc(Nc2ncc(C=N)c(NCc3ccccc3F)n2)cc1C(=O)NCCN1CCOCC1. The number of hydrogen-bond donors (Lipinski definition) is 4. The topological polar surface area (TPSA) is 120 Å². The molecule has 0 unspecified atom stereocenters. The minimum Gasteiger partial charge on any atom is -0.379 e. The van der Waals surface area contributed by atoms with Gasteiger partial charge in [-0.2, -0.15) is 4.98 Å². The highest BCUT2D eigenvalue weighted by molar-refractivity contribution is 5.94. The van der Waals surface area contributed by atoms with Gasteiger partial charge in [-0.1, -0.05) is 18.2 Å². The number of aromatic nitrogens is 3. The van der Waals surface area contributed by atoms with Crippen LogP contribution in [0.5, 0.6) is 0 Å². The Morgan fingerprint density at radius 3 is 2.86 bits per heavy atom. The Morgan fingerprint density at radius 1 is 1.29 bits per heavy atom. The zero-order chi connectivity index (χ0) is 24.6. The van der Waals surface area contributed by atoms with E-state index >= 15 is 0 Å². The summed E-state index contributed by atoms with van der Waals surface area (Å²) < 4.78 is 21.0. The summed E-state index contributed by atoms with van der Waals surface area (Å²) in [5.74, 6) is 0.208. The number of nitrogens with zero attached hydrogens (tertiary/aromatic N) is 4. The van der Waals surface area contributed by atoms with Gasteiger partial charge in [0.15, 0.2) is 0 Å². The molecule has 10 nitrogen and oxygen atoms in total. The van der Waals surface area contributed by atoms with E-state index in [0.717, 1.165) is 39.1 Å². The molecule has 0 radical (unpaired) electrons. The zero-order valence-corrected chi connectivity index (χ0v) is 19.6. The number of ether oxygens (including phenoxy) is 1. The Labute approximate surface area is 203 Å². The van der Waals surface area contributed by atoms with Crippen molar-refractivity contribution >= 4 is 29.6 Å². The van der Waals surface area contributed by atoms with Gasteiger partial charge in [-0.15, -0.1) is 0 Å². The first-order valence-electron chi connectivity index (χ1n) is 11.4. The standard InChI is InChI=1S/C24H29FN8O2/c1-32-16-19(12-21(32)23(34)27-6-7-33-8-10-35-11-9-33)30-24-29-15-18(13-26)22(31-24)28-14-17-4-2-3-5-20(17)25/h2-5,12-13,15-16,26H,6-11,14H2,1H3,(H,27,34)(H2,28,29,30,31). The van der Waals surface area contributed by atoms with Crippen molar-refractivity contribution in [3.8, 4) is 0 Å². The summed E-state index contributed by atoms with van der Waals surface area (Å²) in [5.41, 5.74) is 2.11. The Balaban J connectivity index is 1.38. The third-order valence-corrected chi connectivity index (χ3v) is 5.69. The number of nitrogens with one attached hydrogen (secondary N) is 4. The maximum atomic E-state index is 13.9. The van der Waals surface area contributed by atoms with Crippen LogP contribution in [0.4, 0.5) is 21.8 Å². The van der Waals surface area contributed by atoms with Gasteiger partial charge in [-0.3, -0.25) is 9.69 Å². The molecule has 184 valence electrons. The Morgan fingerprint density at radius 2 is 2.09 bits per heavy atom. The van der Waals surface area contributed by atoms with Crippen LogP contribution in [0.15, 0.2) is 42.7 Å². The molecule has 1 fully saturated rings. The fourth-order valence-electron chi connectivity index (χ4n) is 3.75. The zero-order valence-electron chi connectivity index (χ0n) is 19.6. The highest BCUT2D eigenvalue weighted by atomic mass is 19.1. The molecular weight excluding hydrogens is 451 g/mol. The van der Waals surface area contributed by atoms with Gasteiger partial charge in [-0.25, -0.2) is 9.37 Å². The van der Waals surface area contributed by atoms with Crippen molar-refractivity contribution in [2.75, 3.05) is 50.0 Å². The molecule has 1 aromatic carbocycles. The van der Waals surface area contributed by atoms with Crippen molar-refractivity contribution in [2.24, 2.45) is 7.05 Å². The monoisotopic (exact) mass is 480 g/mol. The lowest BCUT2D eigenvalue weighted by Gasteiger charge is -2.26. The normalized spacial score (nSPS) is 13.9. The average molecular weight is 481 g/mol. The van der Waals surface area contributed by atoms with Crippen LogP contribution in [0, 0.1) is 11.2 Å². The number of anilines is 3. The summed E-state index contributed by atoms with van der Waals surface area (Å²) in [6, 6.07) is 8.20. The summed E-state index contributed by atoms with van der Waals surface area (Å²) in [4.78, 5) is 23.6. The lowest BCUT2D eigenvalue weighted by atomic mass is 10.2. The maximum Gasteiger partial charge on any atom is 0.268 e. The van der Waals surface area contributed by atoms with E-state index in [4.69, 9.17) is 10.1 Å². The summed E-state index contributed by atoms with van der Waals surface area (Å²) in [6.07, 6.45) is 4.42. The van der Waals surface area contributed by atoms with Gasteiger partial charge in [0.2, 0.25) is 5.95 Å². The molecule has 1 amide bonds. The van der Waals surface area contributed by atoms with Gasteiger partial charge in [-0.05, 0) is 12.1 Å². The molecule has 3 heterocycles. The molecule has 0 saturated carbocycles. The molecule has 1 aliphatic rings. The van der Waals surface area contributed by atoms with Gasteiger partial charge >= 0.3 is 0 Å². The number of halogens is 1. The van der Waals surface area contributed by atoms with Crippen molar-refractivity contribution in [3.63, 3.8) is 0 Å². The van der Waals surface area contributed by atoms with Crippen molar-refractivity contribution in [3.05, 3.63) is 65.4 Å². The van der Waals surface area contributed by atoms with Crippen LogP contribution in [-0.2, 0) is 18.3 Å². The van der Waals surface area contributed by atoms with E-state index in [-0.39, 0.29) is 24.2 Å². The van der Waals surface area contributed by atoms with Gasteiger partial charge in [0.05, 0.1) is 24.5 Å². The highest BCUT2D eigenvalue weighted by Gasteiger charge is 2.15. The number of carbonyl (C=O) groups excluding carboxylic acids is 1. The summed E-state index contributed by atoms with van der Waals surface area (Å²) >= 11 is 0. The minimum absolute atomic E-state index is 0.166. The van der Waals surface area contributed by atoms with Gasteiger partial charge in [0.1, 0.15) is 17.3 Å². The number of carbonyl (C=O) groups is 1. The van der Waals surface area contributed by atoms with Crippen LogP contribution < -0.4 is 16.0 Å². The van der Waals surface area contributed by atoms with E-state index in [0.29, 0.717) is 34.9 Å². The lowest BCUT2D eigenvalue weighted by molar-refractivity contribution is 0.0383. The van der Waals surface area contributed by atoms with Crippen molar-refractivity contribution in [1.82, 2.24) is 24.8 Å². The van der Waals surface area contributed by atoms with E-state index in [1.807, 2.05) is 0 Å². The van der Waals surface area contributed by atoms with Crippen LogP contribution in [0.25, 0.3) is 0 Å². The van der Waals surface area contributed by atoms with Crippen LogP contribution >= 0.6 is 0 Å². The molecule has 35 heavy (non-hydrogen) atoms. The van der Waals surface area contributed by atoms with E-state index < -0.39 is 0 Å². The summed E-state index contributed by atoms with van der Waals surface area (Å²) in [6.45, 7) is 4.75. The van der Waals surface area contributed by atoms with Gasteiger partial charge in [0, 0.05) is 63.9 Å². The Kier molecular flexibility index (Phi) is 8.01. The fourth-order valence-corrected chi connectivity index (χ4v) is 3.75. The molecule has 0 bridgehead atoms. The number of aryl methyl sites for hydroxylation is 1. The first-order valence-corrected chi connectivity index (χ1v) is 11.4. The second-order valence-electron chi connectivity index (χ2n) is 8.15. The van der Waals surface area contributed by atoms with Crippen LogP contribution in [0.2, 0.25) is 0 Å². The Bertz CT molecular complexity index is 1180. The van der Waals surface area contributed by atoms with Crippen LogP contribution in [0.3, 0.4) is 0 Å². The van der Waals surface area contributed by atoms with Crippen molar-refractivity contribution < 1.29 is 13.9 Å². The number of morpholine rings is 1. The third kappa shape index (κ3) is 6.40. The van der Waals surface area contributed by atoms with Gasteiger partial charge in [0.25, 0.3) is 5.91 Å². The second-order valence-corrected chi connectivity index (χ2v) is 8.15. The summed E-state index contributed by atoms with van der Waals surface area (Å²) in [5, 5.41) is 16.7. The van der Waals surface area contributed by atoms with Gasteiger partial charge < -0.3 is 30.7 Å². The quantitative estimate of drug-likeness (QED) is 0.329. The third-order valence-electron chi connectivity index (χ3n) is 5.69. The number of amides is 1. The minimum atomic E-state index is -0.316. The molecule has 0 spiro atoms. The highest BCUT2D eigenvalue weighted by Crippen LogP contribution is 2.20. The molecule has 4 rings (SSSR count). The summed E-state index contributed by atoms with van der Waals surface area (Å²) in [7, 11) is 1.79. The molecular formula is C24H29FN8O2. The molecule has 3 aromatic rings. The van der Waals surface area contributed by atoms with E-state index in [1.54, 1.807) is 42.1 Å². The second kappa shape index (κ2) is 11.5. The van der Waals surface area contributed by atoms with Crippen molar-refractivity contribution in [2.45, 2.75) is 6.54 Å². The maximum absolute atomic E-state index is 13.9. The first-order chi connectivity index (χ1) is 17.0. The number of rotatable bonds is 10. The molecule has 1 saturated heterocycles. The number of benzene rings is 1. The molecule has 0 aliphatic carbocycles. The van der Waals surface area contributed by atoms with E-state index in [1.165, 1.54) is 12.3 Å². The van der Waals surface area contributed by atoms with E-state index in [2.05, 4.69) is 30.8 Å². The molecule has 4 N–H and O–H groups in total.